The number of benzene rings is 2. The Labute approximate surface area is 240 Å². The Balaban J connectivity index is 1.59. The van der Waals surface area contributed by atoms with Crippen molar-refractivity contribution in [3.8, 4) is 11.5 Å². The fourth-order valence-electron chi connectivity index (χ4n) is 4.98. The lowest BCUT2D eigenvalue weighted by Crippen LogP contribution is -2.44. The van der Waals surface area contributed by atoms with Gasteiger partial charge >= 0.3 is 0 Å². The minimum absolute atomic E-state index is 0.0383. The van der Waals surface area contributed by atoms with Crippen molar-refractivity contribution in [2.45, 2.75) is 69.5 Å². The van der Waals surface area contributed by atoms with Crippen molar-refractivity contribution in [1.82, 2.24) is 10.6 Å². The first-order valence-corrected chi connectivity index (χ1v) is 14.2. The van der Waals surface area contributed by atoms with Crippen LogP contribution in [0.2, 0.25) is 0 Å². The molecule has 2 fully saturated rings. The van der Waals surface area contributed by atoms with Gasteiger partial charge in [0, 0.05) is 6.04 Å². The quantitative estimate of drug-likeness (QED) is 0.257. The van der Waals surface area contributed by atoms with Crippen LogP contribution in [0.3, 0.4) is 0 Å². The molecule has 0 spiro atoms. The largest absolute Gasteiger partial charge is 0.496 e. The number of rotatable bonds is 12. The molecule has 4 N–H and O–H groups in total. The van der Waals surface area contributed by atoms with E-state index in [-0.39, 0.29) is 35.9 Å². The molecule has 9 heteroatoms. The topological polar surface area (TPSA) is 115 Å². The Hall–Kier alpha value is -4.14. The first kappa shape index (κ1) is 29.8. The summed E-state index contributed by atoms with van der Waals surface area (Å²) in [6.07, 6.45) is 12.1. The molecule has 218 valence electrons. The Kier molecular flexibility index (Phi) is 10.5. The van der Waals surface area contributed by atoms with Crippen molar-refractivity contribution in [1.29, 1.82) is 0 Å². The highest BCUT2D eigenvalue weighted by atomic mass is 19.1. The summed E-state index contributed by atoms with van der Waals surface area (Å²) in [6.45, 7) is 0. The summed E-state index contributed by atoms with van der Waals surface area (Å²) in [5.74, 6) is 0.0694. The molecule has 0 saturated heterocycles. The lowest BCUT2D eigenvalue weighted by molar-refractivity contribution is -0.123. The van der Waals surface area contributed by atoms with Crippen LogP contribution in [-0.2, 0) is 9.59 Å². The van der Waals surface area contributed by atoms with Crippen LogP contribution < -0.4 is 25.8 Å². The number of hydrogen-bond donors (Lipinski definition) is 3. The molecule has 2 saturated carbocycles. The van der Waals surface area contributed by atoms with E-state index in [2.05, 4.69) is 10.6 Å². The second kappa shape index (κ2) is 14.5. The minimum Gasteiger partial charge on any atom is -0.496 e. The zero-order valence-corrected chi connectivity index (χ0v) is 23.7. The zero-order valence-electron chi connectivity index (χ0n) is 23.7. The number of nitrogens with one attached hydrogen (secondary N) is 2. The minimum atomic E-state index is -0.643. The van der Waals surface area contributed by atoms with E-state index in [1.165, 1.54) is 12.1 Å². The number of amides is 2. The third-order valence-electron chi connectivity index (χ3n) is 7.47. The molecule has 0 aromatic heterocycles. The number of carbonyl (C=O) groups excluding carboxylic acids is 2. The number of carbonyl (C=O) groups is 2. The number of methoxy groups -OCH3 is 2. The number of hydrogen-bond acceptors (Lipinski definition) is 6. The summed E-state index contributed by atoms with van der Waals surface area (Å²) in [6, 6.07) is 11.0. The fraction of sp³-hybridized carbons (Fsp3) is 0.406. The molecule has 8 nitrogen and oxygen atoms in total. The molecule has 2 aromatic rings. The van der Waals surface area contributed by atoms with Crippen LogP contribution in [0.5, 0.6) is 11.5 Å². The first-order valence-electron chi connectivity index (χ1n) is 14.2. The van der Waals surface area contributed by atoms with Crippen LogP contribution in [0.4, 0.5) is 4.39 Å². The normalized spacial score (nSPS) is 17.2. The number of nitrogens with two attached hydrogens (primary N) is 1. The Bertz CT molecular complexity index is 1270. The highest BCUT2D eigenvalue weighted by Crippen LogP contribution is 2.31. The van der Waals surface area contributed by atoms with Gasteiger partial charge in [0.05, 0.1) is 49.7 Å². The van der Waals surface area contributed by atoms with Crippen LogP contribution >= 0.6 is 0 Å². The van der Waals surface area contributed by atoms with E-state index in [9.17, 15) is 14.0 Å². The molecule has 2 aromatic carbocycles. The van der Waals surface area contributed by atoms with Crippen molar-refractivity contribution in [2.75, 3.05) is 14.2 Å². The van der Waals surface area contributed by atoms with Gasteiger partial charge in [-0.05, 0) is 68.0 Å². The van der Waals surface area contributed by atoms with Gasteiger partial charge in [-0.25, -0.2) is 4.39 Å². The van der Waals surface area contributed by atoms with E-state index in [4.69, 9.17) is 20.2 Å². The number of halogens is 1. The average Bonchev–Trinajstić information content (AvgIpc) is 3.46. The number of ether oxygens (including phenoxy) is 2. The summed E-state index contributed by atoms with van der Waals surface area (Å²) in [7, 11) is 3.13. The van der Waals surface area contributed by atoms with E-state index < -0.39 is 11.9 Å². The molecule has 1 atom stereocenters. The summed E-state index contributed by atoms with van der Waals surface area (Å²) >= 11 is 0. The van der Waals surface area contributed by atoms with Crippen LogP contribution in [0, 0.1) is 5.82 Å². The van der Waals surface area contributed by atoms with Crippen LogP contribution in [0.1, 0.15) is 62.5 Å². The SMILES string of the molecule is COc1cccc(OC)c1C(C=C(N)C(=O)NC(/C=C/c1ccc(F)cc1)CC(=O)NC1CCC1)=NC1CCCC1. The summed E-state index contributed by atoms with van der Waals surface area (Å²) in [5, 5.41) is 5.88. The van der Waals surface area contributed by atoms with Crippen molar-refractivity contribution < 1.29 is 23.5 Å². The summed E-state index contributed by atoms with van der Waals surface area (Å²) in [4.78, 5) is 31.0. The lowest BCUT2D eigenvalue weighted by Gasteiger charge is -2.27. The molecule has 41 heavy (non-hydrogen) atoms. The summed E-state index contributed by atoms with van der Waals surface area (Å²) < 4.78 is 24.6. The van der Waals surface area contributed by atoms with Gasteiger partial charge in [0.15, 0.2) is 0 Å². The Morgan fingerprint density at radius 3 is 2.27 bits per heavy atom. The summed E-state index contributed by atoms with van der Waals surface area (Å²) in [5.41, 5.74) is 8.14. The standard InChI is InChI=1S/C32H39FN4O4/c1-40-28-11-6-12-29(41-2)31(28)27(35-23-7-3-4-8-23)20-26(34)32(39)37-25(19-30(38)36-24-9-5-10-24)18-15-21-13-16-22(33)17-14-21/h6,11-18,20,23-25H,3-5,7-10,19,34H2,1-2H3,(H,36,38)(H,37,39)/b18-15+,26-20?,35-27?. The zero-order chi connectivity index (χ0) is 29.2. The fourth-order valence-corrected chi connectivity index (χ4v) is 4.98. The number of aliphatic imine (C=N–C) groups is 1. The Morgan fingerprint density at radius 1 is 1.02 bits per heavy atom. The second-order valence-electron chi connectivity index (χ2n) is 10.5. The van der Waals surface area contributed by atoms with Crippen molar-refractivity contribution in [3.05, 3.63) is 77.3 Å². The Morgan fingerprint density at radius 2 is 1.68 bits per heavy atom. The molecule has 2 aliphatic carbocycles. The van der Waals surface area contributed by atoms with Gasteiger partial charge in [0.2, 0.25) is 5.91 Å². The smallest absolute Gasteiger partial charge is 0.267 e. The van der Waals surface area contributed by atoms with Crippen molar-refractivity contribution in [2.24, 2.45) is 10.7 Å². The third-order valence-corrected chi connectivity index (χ3v) is 7.47. The highest BCUT2D eigenvalue weighted by molar-refractivity contribution is 6.15. The molecular formula is C32H39FN4O4. The van der Waals surface area contributed by atoms with Crippen molar-refractivity contribution in [3.63, 3.8) is 0 Å². The number of nitrogens with zero attached hydrogens (tertiary/aromatic N) is 1. The van der Waals surface area contributed by atoms with Gasteiger partial charge in [-0.15, -0.1) is 0 Å². The second-order valence-corrected chi connectivity index (χ2v) is 10.5. The lowest BCUT2D eigenvalue weighted by atomic mass is 9.93. The first-order chi connectivity index (χ1) is 19.9. The van der Waals surface area contributed by atoms with Crippen LogP contribution in [0.25, 0.3) is 6.08 Å². The van der Waals surface area contributed by atoms with Gasteiger partial charge in [-0.3, -0.25) is 14.6 Å². The van der Waals surface area contributed by atoms with E-state index in [0.29, 0.717) is 22.8 Å². The van der Waals surface area contributed by atoms with Gasteiger partial charge < -0.3 is 25.8 Å². The highest BCUT2D eigenvalue weighted by Gasteiger charge is 2.23. The molecule has 4 rings (SSSR count). The molecule has 0 aliphatic heterocycles. The van der Waals surface area contributed by atoms with Gasteiger partial charge in [-0.2, -0.15) is 0 Å². The average molecular weight is 563 g/mol. The molecule has 0 bridgehead atoms. The van der Waals surface area contributed by atoms with Gasteiger partial charge in [0.1, 0.15) is 17.3 Å². The van der Waals surface area contributed by atoms with Gasteiger partial charge in [-0.1, -0.05) is 43.2 Å². The maximum absolute atomic E-state index is 13.4. The molecule has 2 amide bonds. The van der Waals surface area contributed by atoms with E-state index in [1.807, 2.05) is 18.2 Å². The van der Waals surface area contributed by atoms with Crippen molar-refractivity contribution >= 4 is 23.6 Å². The molecule has 1 unspecified atom stereocenters. The maximum Gasteiger partial charge on any atom is 0.267 e. The predicted molar refractivity (Wildman–Crippen MR) is 158 cm³/mol. The molecule has 2 aliphatic rings. The number of allylic oxidation sites excluding steroid dienone is 1. The molecule has 0 radical (unpaired) electrons. The molecular weight excluding hydrogens is 523 g/mol. The maximum atomic E-state index is 13.4. The van der Waals surface area contributed by atoms with Gasteiger partial charge in [0.25, 0.3) is 5.91 Å². The van der Waals surface area contributed by atoms with E-state index >= 15 is 0 Å². The van der Waals surface area contributed by atoms with E-state index in [0.717, 1.165) is 50.5 Å². The monoisotopic (exact) mass is 562 g/mol. The third kappa shape index (κ3) is 8.42. The van der Waals surface area contributed by atoms with E-state index in [1.54, 1.807) is 44.6 Å². The molecule has 0 heterocycles. The predicted octanol–water partition coefficient (Wildman–Crippen LogP) is 4.67. The van der Waals surface area contributed by atoms with Crippen LogP contribution in [-0.4, -0.2) is 49.9 Å². The van der Waals surface area contributed by atoms with Crippen LogP contribution in [0.15, 0.2) is 65.3 Å².